The van der Waals surface area contributed by atoms with E-state index in [1.807, 2.05) is 6.92 Å². The van der Waals surface area contributed by atoms with Gasteiger partial charge >= 0.3 is 0 Å². The van der Waals surface area contributed by atoms with Crippen LogP contribution in [0.3, 0.4) is 0 Å². The van der Waals surface area contributed by atoms with Gasteiger partial charge in [-0.15, -0.1) is 0 Å². The molecule has 0 saturated heterocycles. The van der Waals surface area contributed by atoms with E-state index >= 15 is 0 Å². The highest BCUT2D eigenvalue weighted by Crippen LogP contribution is 2.36. The first kappa shape index (κ1) is 7.56. The molecule has 0 unspecified atom stereocenters. The van der Waals surface area contributed by atoms with Crippen molar-refractivity contribution in [3.8, 4) is 6.07 Å². The molecule has 1 N–H and O–H groups in total. The predicted octanol–water partition coefficient (Wildman–Crippen LogP) is 1.29. The maximum atomic E-state index is 8.77. The van der Waals surface area contributed by atoms with Crippen molar-refractivity contribution in [1.82, 2.24) is 5.32 Å². The van der Waals surface area contributed by atoms with Gasteiger partial charge in [0.1, 0.15) is 5.54 Å². The molecular weight excluding hydrogens is 124 g/mol. The Kier molecular flexibility index (Phi) is 1.96. The molecule has 0 aromatic rings. The summed E-state index contributed by atoms with van der Waals surface area (Å²) in [4.78, 5) is 0. The molecule has 10 heavy (non-hydrogen) atoms. The van der Waals surface area contributed by atoms with Gasteiger partial charge < -0.3 is 0 Å². The molecule has 1 rings (SSSR count). The second-order valence-electron chi connectivity index (χ2n) is 3.24. The van der Waals surface area contributed by atoms with E-state index in [1.165, 1.54) is 0 Å². The molecule has 2 heteroatoms. The maximum absolute atomic E-state index is 8.77. The van der Waals surface area contributed by atoms with Gasteiger partial charge in [-0.2, -0.15) is 5.26 Å². The van der Waals surface area contributed by atoms with Crippen molar-refractivity contribution in [3.63, 3.8) is 0 Å². The highest BCUT2D eigenvalue weighted by molar-refractivity contribution is 5.14. The zero-order valence-electron chi connectivity index (χ0n) is 6.65. The van der Waals surface area contributed by atoms with Crippen molar-refractivity contribution < 1.29 is 0 Å². The van der Waals surface area contributed by atoms with E-state index in [0.29, 0.717) is 0 Å². The molecular formula is C8H14N2. The highest BCUT2D eigenvalue weighted by atomic mass is 15.0. The van der Waals surface area contributed by atoms with Crippen molar-refractivity contribution in [2.75, 3.05) is 6.54 Å². The Morgan fingerprint density at radius 3 is 2.60 bits per heavy atom. The van der Waals surface area contributed by atoms with Gasteiger partial charge in [0.25, 0.3) is 0 Å². The number of nitriles is 1. The van der Waals surface area contributed by atoms with Crippen LogP contribution in [0.15, 0.2) is 0 Å². The Labute approximate surface area is 62.2 Å². The third-order valence-electron chi connectivity index (χ3n) is 2.12. The van der Waals surface area contributed by atoms with Gasteiger partial charge in [-0.1, -0.05) is 13.8 Å². The zero-order chi connectivity index (χ0) is 7.61. The molecule has 0 spiro atoms. The number of hydrogen-bond donors (Lipinski definition) is 1. The normalized spacial score (nSPS) is 38.3. The molecule has 0 bridgehead atoms. The quantitative estimate of drug-likeness (QED) is 0.624. The van der Waals surface area contributed by atoms with Crippen molar-refractivity contribution >= 4 is 0 Å². The Hall–Kier alpha value is -0.550. The molecule has 0 amide bonds. The first-order chi connectivity index (χ1) is 4.72. The minimum atomic E-state index is -0.159. The lowest BCUT2D eigenvalue weighted by atomic mass is 9.70. The lowest BCUT2D eigenvalue weighted by Crippen LogP contribution is -2.53. The number of nitrogens with zero attached hydrogens (tertiary/aromatic N) is 1. The predicted molar refractivity (Wildman–Crippen MR) is 40.4 cm³/mol. The largest absolute Gasteiger partial charge is 0.300 e. The first-order valence-electron chi connectivity index (χ1n) is 3.89. The molecule has 2 nitrogen and oxygen atoms in total. The smallest absolute Gasteiger partial charge is 0.107 e. The van der Waals surface area contributed by atoms with Gasteiger partial charge in [0.15, 0.2) is 0 Å². The van der Waals surface area contributed by atoms with E-state index in [2.05, 4.69) is 18.3 Å². The van der Waals surface area contributed by atoms with E-state index in [1.54, 1.807) is 0 Å². The lowest BCUT2D eigenvalue weighted by Gasteiger charge is -2.41. The molecule has 0 atom stereocenters. The van der Waals surface area contributed by atoms with Crippen LogP contribution in [0.4, 0.5) is 0 Å². The average molecular weight is 138 g/mol. The van der Waals surface area contributed by atoms with E-state index in [4.69, 9.17) is 5.26 Å². The molecule has 56 valence electrons. The standard InChI is InChI=1S/C8H14N2/c1-3-10-8(6-9)4-7(2)5-8/h7,10H,3-5H2,1-2H3. The van der Waals surface area contributed by atoms with Crippen molar-refractivity contribution in [3.05, 3.63) is 0 Å². The van der Waals surface area contributed by atoms with Crippen LogP contribution in [0.2, 0.25) is 0 Å². The molecule has 1 aliphatic rings. The number of hydrogen-bond acceptors (Lipinski definition) is 2. The van der Waals surface area contributed by atoms with E-state index in [-0.39, 0.29) is 5.54 Å². The van der Waals surface area contributed by atoms with E-state index in [9.17, 15) is 0 Å². The number of nitrogens with one attached hydrogen (secondary N) is 1. The Bertz CT molecular complexity index is 146. The molecule has 0 aromatic heterocycles. The summed E-state index contributed by atoms with van der Waals surface area (Å²) in [6, 6.07) is 2.34. The molecule has 1 saturated carbocycles. The van der Waals surface area contributed by atoms with Crippen LogP contribution in [-0.4, -0.2) is 12.1 Å². The molecule has 1 fully saturated rings. The summed E-state index contributed by atoms with van der Waals surface area (Å²) in [5.41, 5.74) is -0.159. The summed E-state index contributed by atoms with van der Waals surface area (Å²) >= 11 is 0. The molecule has 0 aliphatic heterocycles. The van der Waals surface area contributed by atoms with Crippen molar-refractivity contribution in [2.45, 2.75) is 32.2 Å². The van der Waals surface area contributed by atoms with E-state index in [0.717, 1.165) is 25.3 Å². The summed E-state index contributed by atoms with van der Waals surface area (Å²) in [5, 5.41) is 12.0. The second kappa shape index (κ2) is 2.59. The van der Waals surface area contributed by atoms with Gasteiger partial charge in [0.05, 0.1) is 6.07 Å². The Balaban J connectivity index is 2.42. The third-order valence-corrected chi connectivity index (χ3v) is 2.12. The minimum Gasteiger partial charge on any atom is -0.300 e. The Morgan fingerprint density at radius 1 is 1.70 bits per heavy atom. The van der Waals surface area contributed by atoms with Gasteiger partial charge in [0.2, 0.25) is 0 Å². The number of rotatable bonds is 2. The average Bonchev–Trinajstić information content (AvgIpc) is 1.84. The molecule has 1 aliphatic carbocycles. The van der Waals surface area contributed by atoms with Crippen LogP contribution in [0.1, 0.15) is 26.7 Å². The molecule has 0 aromatic carbocycles. The van der Waals surface area contributed by atoms with Crippen molar-refractivity contribution in [1.29, 1.82) is 5.26 Å². The highest BCUT2D eigenvalue weighted by Gasteiger charge is 2.41. The zero-order valence-corrected chi connectivity index (χ0v) is 6.65. The van der Waals surface area contributed by atoms with Gasteiger partial charge in [-0.3, -0.25) is 5.32 Å². The summed E-state index contributed by atoms with van der Waals surface area (Å²) in [5.74, 6) is 0.735. The van der Waals surface area contributed by atoms with Crippen LogP contribution < -0.4 is 5.32 Å². The van der Waals surface area contributed by atoms with Gasteiger partial charge in [-0.25, -0.2) is 0 Å². The van der Waals surface area contributed by atoms with E-state index < -0.39 is 0 Å². The van der Waals surface area contributed by atoms with Gasteiger partial charge in [-0.05, 0) is 25.3 Å². The van der Waals surface area contributed by atoms with Crippen LogP contribution >= 0.6 is 0 Å². The van der Waals surface area contributed by atoms with Crippen molar-refractivity contribution in [2.24, 2.45) is 5.92 Å². The minimum absolute atomic E-state index is 0.159. The summed E-state index contributed by atoms with van der Waals surface area (Å²) in [6.07, 6.45) is 2.05. The third kappa shape index (κ3) is 1.15. The second-order valence-corrected chi connectivity index (χ2v) is 3.24. The Morgan fingerprint density at radius 2 is 2.30 bits per heavy atom. The SMILES string of the molecule is CCNC1(C#N)CC(C)C1. The fourth-order valence-electron chi connectivity index (χ4n) is 1.74. The van der Waals surface area contributed by atoms with Crippen LogP contribution in [0.5, 0.6) is 0 Å². The topological polar surface area (TPSA) is 35.8 Å². The maximum Gasteiger partial charge on any atom is 0.107 e. The molecule has 0 heterocycles. The summed E-state index contributed by atoms with van der Waals surface area (Å²) < 4.78 is 0. The molecule has 0 radical (unpaired) electrons. The van der Waals surface area contributed by atoms with Crippen LogP contribution in [0, 0.1) is 17.2 Å². The lowest BCUT2D eigenvalue weighted by molar-refractivity contribution is 0.176. The van der Waals surface area contributed by atoms with Crippen LogP contribution in [0.25, 0.3) is 0 Å². The monoisotopic (exact) mass is 138 g/mol. The fraction of sp³-hybridized carbons (Fsp3) is 0.875. The summed E-state index contributed by atoms with van der Waals surface area (Å²) in [7, 11) is 0. The first-order valence-corrected chi connectivity index (χ1v) is 3.89. The fourth-order valence-corrected chi connectivity index (χ4v) is 1.74. The van der Waals surface area contributed by atoms with Crippen LogP contribution in [-0.2, 0) is 0 Å². The summed E-state index contributed by atoms with van der Waals surface area (Å²) in [6.45, 7) is 5.13. The van der Waals surface area contributed by atoms with Gasteiger partial charge in [0, 0.05) is 0 Å².